The van der Waals surface area contributed by atoms with Gasteiger partial charge in [0, 0.05) is 16.1 Å². The molecule has 1 spiro atoms. The van der Waals surface area contributed by atoms with Crippen LogP contribution in [0.15, 0.2) is 72.8 Å². The zero-order valence-electron chi connectivity index (χ0n) is 22.1. The second-order valence-corrected chi connectivity index (χ2v) is 13.0. The molecule has 3 heterocycles. The number of hydrogen-bond acceptors (Lipinski definition) is 5. The molecule has 2 bridgehead atoms. The topological polar surface area (TPSA) is 98.7 Å². The fourth-order valence-corrected chi connectivity index (χ4v) is 9.43. The van der Waals surface area contributed by atoms with Gasteiger partial charge in [-0.3, -0.25) is 14.4 Å². The summed E-state index contributed by atoms with van der Waals surface area (Å²) in [6.07, 6.45) is 1.90. The third-order valence-corrected chi connectivity index (χ3v) is 10.9. The van der Waals surface area contributed by atoms with E-state index in [-0.39, 0.29) is 24.3 Å². The number of fused-ring (bicyclic) bond motifs is 2. The van der Waals surface area contributed by atoms with Crippen molar-refractivity contribution in [2.45, 2.75) is 54.7 Å². The summed E-state index contributed by atoms with van der Waals surface area (Å²) < 4.78 is -1.21. The summed E-state index contributed by atoms with van der Waals surface area (Å²) in [4.78, 5) is 43.7. The van der Waals surface area contributed by atoms with Crippen molar-refractivity contribution < 1.29 is 19.5 Å². The molecule has 0 radical (unpaired) electrons. The van der Waals surface area contributed by atoms with Crippen LogP contribution in [0, 0.1) is 11.8 Å². The number of likely N-dealkylation sites (tertiary alicyclic amines) is 1. The molecular weight excluding hydrogens is 510 g/mol. The molecule has 3 aliphatic heterocycles. The van der Waals surface area contributed by atoms with Crippen LogP contribution in [0.2, 0.25) is 0 Å². The number of rotatable bonds is 7. The maximum atomic E-state index is 14.2. The third kappa shape index (κ3) is 4.03. The van der Waals surface area contributed by atoms with Gasteiger partial charge >= 0.3 is 0 Å². The minimum atomic E-state index is -0.792. The number of thioether (sulfide) groups is 1. The third-order valence-electron chi connectivity index (χ3n) is 8.88. The fourth-order valence-electron chi connectivity index (χ4n) is 7.09. The first kappa shape index (κ1) is 25.9. The lowest BCUT2D eigenvalue weighted by atomic mass is 9.66. The van der Waals surface area contributed by atoms with E-state index >= 15 is 0 Å². The monoisotopic (exact) mass is 543 g/mol. The molecule has 3 aromatic carbocycles. The Morgan fingerprint density at radius 1 is 0.974 bits per heavy atom. The van der Waals surface area contributed by atoms with Gasteiger partial charge in [-0.25, -0.2) is 0 Å². The average molecular weight is 544 g/mol. The van der Waals surface area contributed by atoms with Crippen molar-refractivity contribution in [3.63, 3.8) is 0 Å². The Balaban J connectivity index is 1.37. The molecule has 39 heavy (non-hydrogen) atoms. The standard InChI is InChI=1S/C31H33N3O4S/c1-3-23(18-35)34-26(28(37)33-22-14-13-19-9-7-8-10-20(19)17-22)31-16-15-30(2,39-31)24(25(31)29(34)38)27(36)32-21-11-5-4-6-12-21/h4-14,17,23-26,35H,3,15-16,18H2,1-2H3,(H,32,36)(H,33,37)/t23-,24-,25-,26?,30+,31?/m0/s1. The number of hydrogen-bond donors (Lipinski definition) is 3. The fraction of sp³-hybridized carbons (Fsp3) is 0.387. The smallest absolute Gasteiger partial charge is 0.248 e. The number of carbonyl (C=O) groups is 3. The number of amides is 3. The number of anilines is 2. The Hall–Kier alpha value is -3.36. The Morgan fingerprint density at radius 3 is 2.38 bits per heavy atom. The van der Waals surface area contributed by atoms with Crippen LogP contribution in [-0.2, 0) is 14.4 Å². The van der Waals surface area contributed by atoms with Crippen molar-refractivity contribution in [1.29, 1.82) is 0 Å². The zero-order chi connectivity index (χ0) is 27.4. The SMILES string of the molecule is CC[C@@H](CO)N1C(=O)[C@@H]2[C@@H](C(=O)Nc3ccccc3)[C@@]3(C)CCC2(S3)C1C(=O)Nc1ccc2ccccc2c1. The van der Waals surface area contributed by atoms with Crippen LogP contribution in [-0.4, -0.2) is 55.9 Å². The second kappa shape index (κ2) is 9.68. The first-order valence-corrected chi connectivity index (χ1v) is 14.4. The lowest BCUT2D eigenvalue weighted by molar-refractivity contribution is -0.141. The van der Waals surface area contributed by atoms with Crippen molar-refractivity contribution in [2.24, 2.45) is 11.8 Å². The summed E-state index contributed by atoms with van der Waals surface area (Å²) in [5, 5.41) is 18.4. The van der Waals surface area contributed by atoms with Crippen LogP contribution in [0.5, 0.6) is 0 Å². The molecule has 3 fully saturated rings. The Labute approximate surface area is 232 Å². The first-order chi connectivity index (χ1) is 18.8. The molecule has 8 heteroatoms. The van der Waals surface area contributed by atoms with Crippen molar-refractivity contribution in [1.82, 2.24) is 4.90 Å². The summed E-state index contributed by atoms with van der Waals surface area (Å²) in [6.45, 7) is 3.72. The van der Waals surface area contributed by atoms with E-state index in [9.17, 15) is 19.5 Å². The number of nitrogens with one attached hydrogen (secondary N) is 2. The molecule has 0 aromatic heterocycles. The van der Waals surface area contributed by atoms with Crippen molar-refractivity contribution in [3.8, 4) is 0 Å². The zero-order valence-corrected chi connectivity index (χ0v) is 22.9. The van der Waals surface area contributed by atoms with E-state index in [4.69, 9.17) is 0 Å². The number of aliphatic hydroxyl groups is 1. The van der Waals surface area contributed by atoms with Gasteiger partial charge in [0.25, 0.3) is 0 Å². The molecular formula is C31H33N3O4S. The van der Waals surface area contributed by atoms with Gasteiger partial charge in [0.1, 0.15) is 6.04 Å². The van der Waals surface area contributed by atoms with E-state index in [1.54, 1.807) is 16.7 Å². The quantitative estimate of drug-likeness (QED) is 0.402. The van der Waals surface area contributed by atoms with E-state index in [1.807, 2.05) is 79.7 Å². The largest absolute Gasteiger partial charge is 0.394 e. The van der Waals surface area contributed by atoms with Crippen molar-refractivity contribution in [3.05, 3.63) is 72.8 Å². The maximum Gasteiger partial charge on any atom is 0.248 e. The van der Waals surface area contributed by atoms with E-state index < -0.39 is 33.4 Å². The van der Waals surface area contributed by atoms with Crippen LogP contribution in [0.4, 0.5) is 11.4 Å². The normalized spacial score (nSPS) is 29.9. The van der Waals surface area contributed by atoms with Gasteiger partial charge < -0.3 is 20.6 Å². The molecule has 3 aromatic rings. The van der Waals surface area contributed by atoms with Crippen LogP contribution >= 0.6 is 11.8 Å². The highest BCUT2D eigenvalue weighted by Crippen LogP contribution is 2.71. The van der Waals surface area contributed by atoms with Gasteiger partial charge in [0.15, 0.2) is 0 Å². The molecule has 0 aliphatic carbocycles. The summed E-state index contributed by atoms with van der Waals surface area (Å²) in [7, 11) is 0. The van der Waals surface area contributed by atoms with Crippen molar-refractivity contribution >= 4 is 51.6 Å². The minimum absolute atomic E-state index is 0.191. The van der Waals surface area contributed by atoms with Crippen LogP contribution < -0.4 is 10.6 Å². The lowest BCUT2D eigenvalue weighted by Gasteiger charge is -2.36. The van der Waals surface area contributed by atoms with Gasteiger partial charge in [-0.05, 0) is 61.2 Å². The van der Waals surface area contributed by atoms with Crippen molar-refractivity contribution in [2.75, 3.05) is 17.2 Å². The highest BCUT2D eigenvalue weighted by atomic mass is 32.2. The van der Waals surface area contributed by atoms with Gasteiger partial charge in [0.2, 0.25) is 17.7 Å². The maximum absolute atomic E-state index is 14.2. The number of aliphatic hydroxyl groups excluding tert-OH is 1. The van der Waals surface area contributed by atoms with Gasteiger partial charge in [-0.1, -0.05) is 55.5 Å². The summed E-state index contributed by atoms with van der Waals surface area (Å²) in [6, 6.07) is 21.7. The molecule has 3 amide bonds. The molecule has 3 aliphatic rings. The number of para-hydroxylation sites is 1. The van der Waals surface area contributed by atoms with Crippen LogP contribution in [0.3, 0.4) is 0 Å². The molecule has 7 nitrogen and oxygen atoms in total. The first-order valence-electron chi connectivity index (χ1n) is 13.6. The summed E-state index contributed by atoms with van der Waals surface area (Å²) in [5.74, 6) is -1.89. The van der Waals surface area contributed by atoms with Crippen LogP contribution in [0.25, 0.3) is 10.8 Å². The molecule has 6 rings (SSSR count). The van der Waals surface area contributed by atoms with E-state index in [0.29, 0.717) is 24.2 Å². The van der Waals surface area contributed by atoms with E-state index in [1.165, 1.54) is 0 Å². The average Bonchev–Trinajstić information content (AvgIpc) is 3.51. The molecule has 202 valence electrons. The van der Waals surface area contributed by atoms with Crippen LogP contribution in [0.1, 0.15) is 33.1 Å². The highest BCUT2D eigenvalue weighted by Gasteiger charge is 2.77. The molecule has 6 atom stereocenters. The predicted octanol–water partition coefficient (Wildman–Crippen LogP) is 4.67. The number of carbonyl (C=O) groups excluding carboxylic acids is 3. The Morgan fingerprint density at radius 2 is 1.67 bits per heavy atom. The second-order valence-electron chi connectivity index (χ2n) is 11.1. The van der Waals surface area contributed by atoms with E-state index in [0.717, 1.165) is 17.2 Å². The van der Waals surface area contributed by atoms with Gasteiger partial charge in [-0.15, -0.1) is 11.8 Å². The Bertz CT molecular complexity index is 1440. The molecule has 0 saturated carbocycles. The Kier molecular flexibility index (Phi) is 6.43. The molecule has 3 saturated heterocycles. The molecule has 2 unspecified atom stereocenters. The number of benzene rings is 3. The van der Waals surface area contributed by atoms with Gasteiger partial charge in [0.05, 0.1) is 29.2 Å². The molecule has 3 N–H and O–H groups in total. The lowest BCUT2D eigenvalue weighted by Crippen LogP contribution is -2.54. The summed E-state index contributed by atoms with van der Waals surface area (Å²) >= 11 is 1.63. The minimum Gasteiger partial charge on any atom is -0.394 e. The number of nitrogens with zero attached hydrogens (tertiary/aromatic N) is 1. The van der Waals surface area contributed by atoms with Gasteiger partial charge in [-0.2, -0.15) is 0 Å². The van der Waals surface area contributed by atoms with E-state index in [2.05, 4.69) is 17.6 Å². The highest BCUT2D eigenvalue weighted by molar-refractivity contribution is 8.02. The summed E-state index contributed by atoms with van der Waals surface area (Å²) in [5.41, 5.74) is 1.34. The predicted molar refractivity (Wildman–Crippen MR) is 154 cm³/mol.